The van der Waals surface area contributed by atoms with Crippen LogP contribution in [0.3, 0.4) is 0 Å². The third-order valence-electron chi connectivity index (χ3n) is 3.58. The second kappa shape index (κ2) is 6.20. The van der Waals surface area contributed by atoms with Gasteiger partial charge in [-0.3, -0.25) is 14.9 Å². The van der Waals surface area contributed by atoms with Crippen molar-refractivity contribution in [2.24, 2.45) is 0 Å². The van der Waals surface area contributed by atoms with Crippen molar-refractivity contribution in [3.8, 4) is 0 Å². The maximum atomic E-state index is 11.2. The van der Waals surface area contributed by atoms with Crippen molar-refractivity contribution in [2.45, 2.75) is 39.2 Å². The van der Waals surface area contributed by atoms with Crippen LogP contribution < -0.4 is 5.32 Å². The SMILES string of the molecule is Cc1cc(NC(C)(C)CCC(=O)O)c2cccc([N+](=O)[O-])c2n1. The summed E-state index contributed by atoms with van der Waals surface area (Å²) in [5.41, 5.74) is 1.19. The average Bonchev–Trinajstić information content (AvgIpc) is 2.44. The molecule has 0 unspecified atom stereocenters. The van der Waals surface area contributed by atoms with E-state index in [0.29, 0.717) is 28.7 Å². The van der Waals surface area contributed by atoms with Crippen molar-refractivity contribution in [1.82, 2.24) is 4.98 Å². The number of pyridine rings is 1. The summed E-state index contributed by atoms with van der Waals surface area (Å²) in [5, 5.41) is 24.0. The van der Waals surface area contributed by atoms with Crippen LogP contribution >= 0.6 is 0 Å². The van der Waals surface area contributed by atoms with Crippen LogP contribution in [0.5, 0.6) is 0 Å². The number of carbonyl (C=O) groups is 1. The smallest absolute Gasteiger partial charge is 0.303 e. The van der Waals surface area contributed by atoms with Crippen LogP contribution in [0.1, 0.15) is 32.4 Å². The van der Waals surface area contributed by atoms with E-state index in [1.807, 2.05) is 19.9 Å². The molecule has 0 aliphatic rings. The third kappa shape index (κ3) is 3.94. The summed E-state index contributed by atoms with van der Waals surface area (Å²) in [6.07, 6.45) is 0.474. The lowest BCUT2D eigenvalue weighted by Gasteiger charge is -2.28. The van der Waals surface area contributed by atoms with Crippen LogP contribution in [0, 0.1) is 17.0 Å². The van der Waals surface area contributed by atoms with Gasteiger partial charge in [-0.15, -0.1) is 0 Å². The zero-order valence-electron chi connectivity index (χ0n) is 13.3. The van der Waals surface area contributed by atoms with E-state index in [-0.39, 0.29) is 12.1 Å². The fourth-order valence-corrected chi connectivity index (χ4v) is 2.46. The second-order valence-corrected chi connectivity index (χ2v) is 6.14. The number of nitro groups is 1. The molecular weight excluding hydrogens is 298 g/mol. The van der Waals surface area contributed by atoms with Crippen molar-refractivity contribution in [1.29, 1.82) is 0 Å². The monoisotopic (exact) mass is 317 g/mol. The normalized spacial score (nSPS) is 11.4. The molecule has 7 nitrogen and oxygen atoms in total. The zero-order chi connectivity index (χ0) is 17.2. The maximum Gasteiger partial charge on any atom is 0.303 e. The summed E-state index contributed by atoms with van der Waals surface area (Å²) in [7, 11) is 0. The molecule has 0 aliphatic carbocycles. The Balaban J connectivity index is 2.47. The van der Waals surface area contributed by atoms with Crippen molar-refractivity contribution < 1.29 is 14.8 Å². The average molecular weight is 317 g/mol. The molecule has 2 aromatic rings. The van der Waals surface area contributed by atoms with Gasteiger partial charge in [0, 0.05) is 34.8 Å². The van der Waals surface area contributed by atoms with Crippen molar-refractivity contribution in [3.63, 3.8) is 0 Å². The predicted octanol–water partition coefficient (Wildman–Crippen LogP) is 3.51. The highest BCUT2D eigenvalue weighted by Crippen LogP contribution is 2.32. The molecule has 0 aliphatic heterocycles. The number of aromatic nitrogens is 1. The number of para-hydroxylation sites is 1. The summed E-state index contributed by atoms with van der Waals surface area (Å²) < 4.78 is 0. The van der Waals surface area contributed by atoms with Crippen molar-refractivity contribution >= 4 is 28.2 Å². The number of aryl methyl sites for hydroxylation is 1. The van der Waals surface area contributed by atoms with Crippen LogP contribution in [-0.2, 0) is 4.79 Å². The summed E-state index contributed by atoms with van der Waals surface area (Å²) in [5.74, 6) is -0.855. The summed E-state index contributed by atoms with van der Waals surface area (Å²) in [6.45, 7) is 5.56. The molecular formula is C16H19N3O4. The Bertz CT molecular complexity index is 771. The number of benzene rings is 1. The van der Waals surface area contributed by atoms with E-state index in [1.165, 1.54) is 6.07 Å². The second-order valence-electron chi connectivity index (χ2n) is 6.14. The summed E-state index contributed by atoms with van der Waals surface area (Å²) in [4.78, 5) is 25.8. The molecule has 122 valence electrons. The molecule has 2 N–H and O–H groups in total. The standard InChI is InChI=1S/C16H19N3O4/c1-10-9-12(18-16(2,3)8-7-14(20)21)11-5-4-6-13(19(22)23)15(11)17-10/h4-6,9H,7-8H2,1-3H3,(H,17,18)(H,20,21). The number of rotatable bonds is 6. The molecule has 0 atom stereocenters. The lowest BCUT2D eigenvalue weighted by Crippen LogP contribution is -2.31. The van der Waals surface area contributed by atoms with Gasteiger partial charge in [-0.2, -0.15) is 0 Å². The Kier molecular flexibility index (Phi) is 4.49. The number of nitro benzene ring substituents is 1. The Morgan fingerprint density at radius 1 is 1.43 bits per heavy atom. The van der Waals surface area contributed by atoms with Gasteiger partial charge in [-0.25, -0.2) is 4.98 Å². The van der Waals surface area contributed by atoms with E-state index in [2.05, 4.69) is 10.3 Å². The quantitative estimate of drug-likeness (QED) is 0.624. The highest BCUT2D eigenvalue weighted by Gasteiger charge is 2.22. The minimum absolute atomic E-state index is 0.0438. The third-order valence-corrected chi connectivity index (χ3v) is 3.58. The number of nitrogens with one attached hydrogen (secondary N) is 1. The van der Waals surface area contributed by atoms with E-state index in [0.717, 1.165) is 0 Å². The highest BCUT2D eigenvalue weighted by molar-refractivity contribution is 5.96. The number of hydrogen-bond donors (Lipinski definition) is 2. The lowest BCUT2D eigenvalue weighted by molar-refractivity contribution is -0.383. The number of carboxylic acids is 1. The highest BCUT2D eigenvalue weighted by atomic mass is 16.6. The van der Waals surface area contributed by atoms with Gasteiger partial charge >= 0.3 is 5.97 Å². The number of carboxylic acid groups (broad SMARTS) is 1. The minimum Gasteiger partial charge on any atom is -0.481 e. The van der Waals surface area contributed by atoms with Gasteiger partial charge in [0.05, 0.1) is 4.92 Å². The molecule has 1 aromatic carbocycles. The molecule has 0 bridgehead atoms. The number of anilines is 1. The first kappa shape index (κ1) is 16.7. The first-order valence-corrected chi connectivity index (χ1v) is 7.24. The predicted molar refractivity (Wildman–Crippen MR) is 87.7 cm³/mol. The van der Waals surface area contributed by atoms with Crippen LogP contribution in [0.4, 0.5) is 11.4 Å². The first-order chi connectivity index (χ1) is 10.7. The molecule has 0 saturated heterocycles. The van der Waals surface area contributed by atoms with Gasteiger partial charge < -0.3 is 10.4 Å². The molecule has 23 heavy (non-hydrogen) atoms. The lowest BCUT2D eigenvalue weighted by atomic mass is 9.97. The fourth-order valence-electron chi connectivity index (χ4n) is 2.46. The molecule has 1 aromatic heterocycles. The largest absolute Gasteiger partial charge is 0.481 e. The number of aliphatic carboxylic acids is 1. The minimum atomic E-state index is -0.855. The zero-order valence-corrected chi connectivity index (χ0v) is 13.3. The molecule has 0 amide bonds. The first-order valence-electron chi connectivity index (χ1n) is 7.24. The van der Waals surface area contributed by atoms with Crippen LogP contribution in [-0.4, -0.2) is 26.5 Å². The van der Waals surface area contributed by atoms with Crippen LogP contribution in [0.15, 0.2) is 24.3 Å². The van der Waals surface area contributed by atoms with E-state index in [1.54, 1.807) is 19.1 Å². The fraction of sp³-hybridized carbons (Fsp3) is 0.375. The van der Waals surface area contributed by atoms with E-state index in [4.69, 9.17) is 5.11 Å². The van der Waals surface area contributed by atoms with E-state index >= 15 is 0 Å². The van der Waals surface area contributed by atoms with Gasteiger partial charge in [0.25, 0.3) is 5.69 Å². The van der Waals surface area contributed by atoms with Gasteiger partial charge in [0.2, 0.25) is 0 Å². The molecule has 0 spiro atoms. The van der Waals surface area contributed by atoms with E-state index in [9.17, 15) is 14.9 Å². The van der Waals surface area contributed by atoms with Gasteiger partial charge in [-0.1, -0.05) is 12.1 Å². The molecule has 0 radical (unpaired) electrons. The van der Waals surface area contributed by atoms with Gasteiger partial charge in [0.15, 0.2) is 5.52 Å². The van der Waals surface area contributed by atoms with Crippen molar-refractivity contribution in [3.05, 3.63) is 40.1 Å². The summed E-state index contributed by atoms with van der Waals surface area (Å²) in [6, 6.07) is 6.62. The maximum absolute atomic E-state index is 11.2. The topological polar surface area (TPSA) is 105 Å². The Morgan fingerprint density at radius 3 is 2.74 bits per heavy atom. The number of nitrogens with zero attached hydrogens (tertiary/aromatic N) is 2. The Labute approximate surface area is 133 Å². The Hall–Kier alpha value is -2.70. The van der Waals surface area contributed by atoms with Crippen molar-refractivity contribution in [2.75, 3.05) is 5.32 Å². The van der Waals surface area contributed by atoms with Gasteiger partial charge in [-0.05, 0) is 33.3 Å². The molecule has 2 rings (SSSR count). The molecule has 0 saturated carbocycles. The molecule has 0 fully saturated rings. The molecule has 1 heterocycles. The van der Waals surface area contributed by atoms with Crippen LogP contribution in [0.2, 0.25) is 0 Å². The van der Waals surface area contributed by atoms with Crippen LogP contribution in [0.25, 0.3) is 10.9 Å². The number of non-ortho nitro benzene ring substituents is 1. The number of hydrogen-bond acceptors (Lipinski definition) is 5. The van der Waals surface area contributed by atoms with E-state index < -0.39 is 16.4 Å². The Morgan fingerprint density at radius 2 is 2.13 bits per heavy atom. The number of fused-ring (bicyclic) bond motifs is 1. The summed E-state index contributed by atoms with van der Waals surface area (Å²) >= 11 is 0. The van der Waals surface area contributed by atoms with Gasteiger partial charge in [0.1, 0.15) is 0 Å². The molecule has 7 heteroatoms.